The molecule has 126 valence electrons. The topological polar surface area (TPSA) is 28.1 Å². The van der Waals surface area contributed by atoms with Gasteiger partial charge in [0.25, 0.3) is 0 Å². The first-order chi connectivity index (χ1) is 12.1. The van der Waals surface area contributed by atoms with Crippen molar-refractivity contribution in [1.82, 2.24) is 4.90 Å². The molecule has 0 saturated carbocycles. The van der Waals surface area contributed by atoms with Crippen LogP contribution in [0.2, 0.25) is 15.1 Å². The quantitative estimate of drug-likeness (QED) is 0.699. The van der Waals surface area contributed by atoms with Crippen molar-refractivity contribution in [3.63, 3.8) is 0 Å². The van der Waals surface area contributed by atoms with Crippen LogP contribution in [0.15, 0.2) is 41.5 Å². The smallest absolute Gasteiger partial charge is 0.233 e. The van der Waals surface area contributed by atoms with Crippen molar-refractivity contribution in [2.75, 3.05) is 11.6 Å². The molecule has 2 radical (unpaired) electrons. The van der Waals surface area contributed by atoms with Crippen molar-refractivity contribution in [3.05, 3.63) is 69.3 Å². The van der Waals surface area contributed by atoms with E-state index in [9.17, 15) is 0 Å². The van der Waals surface area contributed by atoms with Gasteiger partial charge < -0.3 is 9.64 Å². The average molecular weight is 393 g/mol. The zero-order chi connectivity index (χ0) is 17.1. The summed E-state index contributed by atoms with van der Waals surface area (Å²) < 4.78 is 6.04. The largest absolute Gasteiger partial charge is 0.367 e. The van der Waals surface area contributed by atoms with Crippen molar-refractivity contribution in [2.24, 2.45) is 5.10 Å². The average Bonchev–Trinajstić information content (AvgIpc) is 3.13. The van der Waals surface area contributed by atoms with E-state index in [1.165, 1.54) is 11.1 Å². The highest BCUT2D eigenvalue weighted by Gasteiger charge is 2.46. The van der Waals surface area contributed by atoms with E-state index in [4.69, 9.17) is 39.5 Å². The van der Waals surface area contributed by atoms with Crippen molar-refractivity contribution in [1.29, 1.82) is 0 Å². The second-order valence-electron chi connectivity index (χ2n) is 6.21. The second-order valence-corrected chi connectivity index (χ2v) is 7.46. The molecule has 3 aliphatic rings. The maximum atomic E-state index is 6.34. The summed E-state index contributed by atoms with van der Waals surface area (Å²) in [5, 5.41) is 7.52. The number of hydrogen-bond donors (Lipinski definition) is 0. The highest BCUT2D eigenvalue weighted by molar-refractivity contribution is 6.41. The minimum atomic E-state index is 0.0681. The van der Waals surface area contributed by atoms with Gasteiger partial charge in [-0.1, -0.05) is 59.1 Å². The Morgan fingerprint density at radius 3 is 2.68 bits per heavy atom. The third-order valence-corrected chi connectivity index (χ3v) is 5.54. The summed E-state index contributed by atoms with van der Waals surface area (Å²) in [7, 11) is 0. The summed E-state index contributed by atoms with van der Waals surface area (Å²) in [4.78, 5) is 2.04. The highest BCUT2D eigenvalue weighted by Crippen LogP contribution is 2.45. The molecule has 0 bridgehead atoms. The van der Waals surface area contributed by atoms with Crippen molar-refractivity contribution >= 4 is 46.3 Å². The fourth-order valence-corrected chi connectivity index (χ4v) is 4.66. The van der Waals surface area contributed by atoms with Crippen LogP contribution in [0, 0.1) is 6.67 Å². The number of fused-ring (bicyclic) bond motifs is 5. The van der Waals surface area contributed by atoms with E-state index < -0.39 is 0 Å². The Balaban J connectivity index is 1.52. The summed E-state index contributed by atoms with van der Waals surface area (Å²) in [5.74, 6) is 0.792. The van der Waals surface area contributed by atoms with E-state index in [-0.39, 0.29) is 12.1 Å². The summed E-state index contributed by atoms with van der Waals surface area (Å²) in [5.41, 5.74) is 3.13. The SMILES string of the molecule is Clc1cc(Cl)c(N2[C]N3C(=N2)CO[C@H]2Cc4ccccc4[C@H]23)c(Cl)c1. The molecule has 7 heteroatoms. The lowest BCUT2D eigenvalue weighted by atomic mass is 10.1. The van der Waals surface area contributed by atoms with Gasteiger partial charge >= 0.3 is 0 Å². The lowest BCUT2D eigenvalue weighted by molar-refractivity contribution is 0.0119. The number of ether oxygens (including phenoxy) is 1. The van der Waals surface area contributed by atoms with Crippen LogP contribution in [0.3, 0.4) is 0 Å². The molecule has 0 unspecified atom stereocenters. The predicted octanol–water partition coefficient (Wildman–Crippen LogP) is 4.77. The molecule has 1 fully saturated rings. The first kappa shape index (κ1) is 15.8. The first-order valence-electron chi connectivity index (χ1n) is 7.89. The predicted molar refractivity (Wildman–Crippen MR) is 99.1 cm³/mol. The molecule has 1 aliphatic carbocycles. The molecule has 25 heavy (non-hydrogen) atoms. The molecule has 2 atom stereocenters. The van der Waals surface area contributed by atoms with Gasteiger partial charge in [-0.2, -0.15) is 5.10 Å². The molecule has 2 aromatic carbocycles. The third kappa shape index (κ3) is 2.43. The number of amidine groups is 1. The Morgan fingerprint density at radius 2 is 1.88 bits per heavy atom. The molecule has 5 rings (SSSR count). The van der Waals surface area contributed by atoms with Crippen LogP contribution in [0.5, 0.6) is 0 Å². The molecule has 4 nitrogen and oxygen atoms in total. The number of anilines is 1. The monoisotopic (exact) mass is 391 g/mol. The fraction of sp³-hybridized carbons (Fsp3) is 0.222. The van der Waals surface area contributed by atoms with Crippen LogP contribution in [-0.4, -0.2) is 23.4 Å². The maximum Gasteiger partial charge on any atom is 0.233 e. The van der Waals surface area contributed by atoms with Gasteiger partial charge in [-0.05, 0) is 23.3 Å². The minimum absolute atomic E-state index is 0.0681. The van der Waals surface area contributed by atoms with Gasteiger partial charge in [0.1, 0.15) is 6.61 Å². The van der Waals surface area contributed by atoms with Crippen LogP contribution >= 0.6 is 34.8 Å². The van der Waals surface area contributed by atoms with Crippen LogP contribution in [-0.2, 0) is 11.2 Å². The van der Waals surface area contributed by atoms with Gasteiger partial charge in [-0.25, -0.2) is 5.01 Å². The number of halogens is 3. The molecule has 0 N–H and O–H groups in total. The fourth-order valence-electron chi connectivity index (χ4n) is 3.68. The molecule has 2 aromatic rings. The summed E-state index contributed by atoms with van der Waals surface area (Å²) in [6.07, 6.45) is 0.995. The Labute approximate surface area is 160 Å². The van der Waals surface area contributed by atoms with E-state index in [0.29, 0.717) is 27.4 Å². The van der Waals surface area contributed by atoms with Crippen molar-refractivity contribution in [3.8, 4) is 0 Å². The molecular weight excluding hydrogens is 381 g/mol. The van der Waals surface area contributed by atoms with E-state index >= 15 is 0 Å². The van der Waals surface area contributed by atoms with Gasteiger partial charge in [0.05, 0.1) is 27.9 Å². The number of hydrogen-bond acceptors (Lipinski definition) is 4. The highest BCUT2D eigenvalue weighted by atomic mass is 35.5. The van der Waals surface area contributed by atoms with Crippen LogP contribution in [0.25, 0.3) is 0 Å². The van der Waals surface area contributed by atoms with Crippen LogP contribution < -0.4 is 5.01 Å². The molecular formula is C18H12Cl3N3O. The minimum Gasteiger partial charge on any atom is -0.367 e. The first-order valence-corrected chi connectivity index (χ1v) is 9.02. The molecule has 2 heterocycles. The standard InChI is InChI=1S/C18H12Cl3N3O/c19-11-6-13(20)18(14(21)7-11)24-9-23-16(22-24)8-25-15-5-10-3-1-2-4-12(10)17(15)23/h1-4,6-7,15,17H,5,8H2/t15-,17+/m0/s1. The zero-order valence-electron chi connectivity index (χ0n) is 12.9. The molecule has 0 amide bonds. The Bertz CT molecular complexity index is 878. The van der Waals surface area contributed by atoms with E-state index in [2.05, 4.69) is 30.0 Å². The molecule has 0 spiro atoms. The maximum absolute atomic E-state index is 6.34. The lowest BCUT2D eigenvalue weighted by Crippen LogP contribution is -2.44. The van der Waals surface area contributed by atoms with E-state index in [0.717, 1.165) is 12.3 Å². The zero-order valence-corrected chi connectivity index (χ0v) is 15.2. The third-order valence-electron chi connectivity index (χ3n) is 4.74. The van der Waals surface area contributed by atoms with Crippen LogP contribution in [0.1, 0.15) is 17.2 Å². The Hall–Kier alpha value is -1.46. The van der Waals surface area contributed by atoms with Crippen molar-refractivity contribution in [2.45, 2.75) is 18.6 Å². The Morgan fingerprint density at radius 1 is 1.12 bits per heavy atom. The van der Waals surface area contributed by atoms with Crippen molar-refractivity contribution < 1.29 is 4.74 Å². The van der Waals surface area contributed by atoms with E-state index in [1.54, 1.807) is 17.1 Å². The van der Waals surface area contributed by atoms with E-state index in [1.807, 2.05) is 11.0 Å². The number of rotatable bonds is 1. The molecule has 0 aromatic heterocycles. The second kappa shape index (κ2) is 5.78. The summed E-state index contributed by atoms with van der Waals surface area (Å²) in [6, 6.07) is 11.8. The number of nitrogens with zero attached hydrogens (tertiary/aromatic N) is 3. The lowest BCUT2D eigenvalue weighted by Gasteiger charge is -2.35. The van der Waals surface area contributed by atoms with Gasteiger partial charge in [0.15, 0.2) is 5.84 Å². The molecule has 2 aliphatic heterocycles. The number of benzene rings is 2. The van der Waals surface area contributed by atoms with Gasteiger partial charge in [-0.3, -0.25) is 0 Å². The normalized spacial score (nSPS) is 24.0. The summed E-state index contributed by atoms with van der Waals surface area (Å²) in [6.45, 7) is 3.73. The Kier molecular flexibility index (Phi) is 3.64. The molecule has 1 saturated heterocycles. The number of hydrazone groups is 1. The number of morpholine rings is 1. The summed E-state index contributed by atoms with van der Waals surface area (Å²) >= 11 is 18.7. The van der Waals surface area contributed by atoms with Gasteiger partial charge in [0.2, 0.25) is 6.67 Å². The van der Waals surface area contributed by atoms with Gasteiger partial charge in [-0.15, -0.1) is 0 Å². The van der Waals surface area contributed by atoms with Crippen LogP contribution in [0.4, 0.5) is 5.69 Å². The van der Waals surface area contributed by atoms with Gasteiger partial charge in [0, 0.05) is 11.4 Å².